The number of carbonyl (C=O) groups is 1. The Kier molecular flexibility index (Phi) is 8.49. The highest BCUT2D eigenvalue weighted by Crippen LogP contribution is 2.35. The summed E-state index contributed by atoms with van der Waals surface area (Å²) in [7, 11) is -3.94. The standard InChI is InChI=1S/C23H22F5N3O6S/c1-4-5-13-6-7-15(23(26,27)28)10-18(13)36-22-30-19(11-35-22)37-21(32)29-12(2)14-8-16(24)20(17(25)9-14)31-38(3,33)34/h6-12,31H,4-5H2,1-3H3,(H,29,32). The number of anilines is 1. The van der Waals surface area contributed by atoms with Crippen LogP contribution in [0, 0.1) is 11.6 Å². The molecule has 1 amide bonds. The van der Waals surface area contributed by atoms with Crippen molar-refractivity contribution >= 4 is 21.8 Å². The zero-order valence-corrected chi connectivity index (χ0v) is 21.0. The number of nitrogens with zero attached hydrogens (tertiary/aromatic N) is 1. The van der Waals surface area contributed by atoms with Crippen LogP contribution in [0.5, 0.6) is 17.7 Å². The molecule has 0 aliphatic carbocycles. The number of halogens is 5. The number of aromatic nitrogens is 1. The molecule has 9 nitrogen and oxygen atoms in total. The molecule has 38 heavy (non-hydrogen) atoms. The van der Waals surface area contributed by atoms with E-state index >= 15 is 0 Å². The van der Waals surface area contributed by atoms with Crippen molar-refractivity contribution in [3.8, 4) is 17.7 Å². The van der Waals surface area contributed by atoms with Gasteiger partial charge in [0.15, 0.2) is 17.9 Å². The average molecular weight is 564 g/mol. The molecule has 2 aromatic carbocycles. The largest absolute Gasteiger partial charge is 0.416 e. The Balaban J connectivity index is 1.68. The van der Waals surface area contributed by atoms with Crippen LogP contribution in [0.15, 0.2) is 41.0 Å². The highest BCUT2D eigenvalue weighted by Gasteiger charge is 2.31. The third-order valence-electron chi connectivity index (χ3n) is 4.96. The second-order valence-electron chi connectivity index (χ2n) is 8.11. The number of alkyl halides is 3. The molecule has 0 saturated carbocycles. The van der Waals surface area contributed by atoms with E-state index in [1.807, 2.05) is 6.92 Å². The first-order valence-corrected chi connectivity index (χ1v) is 12.8. The fourth-order valence-electron chi connectivity index (χ4n) is 3.24. The van der Waals surface area contributed by atoms with Gasteiger partial charge in [0.25, 0.3) is 5.88 Å². The van der Waals surface area contributed by atoms with Crippen molar-refractivity contribution in [2.24, 2.45) is 0 Å². The molecule has 0 aliphatic rings. The number of hydrogen-bond acceptors (Lipinski definition) is 7. The minimum absolute atomic E-state index is 0.0480. The van der Waals surface area contributed by atoms with Crippen LogP contribution < -0.4 is 19.5 Å². The lowest BCUT2D eigenvalue weighted by Crippen LogP contribution is -2.29. The second kappa shape index (κ2) is 11.2. The van der Waals surface area contributed by atoms with Gasteiger partial charge in [-0.2, -0.15) is 13.2 Å². The van der Waals surface area contributed by atoms with Gasteiger partial charge in [-0.15, -0.1) is 4.98 Å². The Morgan fingerprint density at radius 2 is 1.82 bits per heavy atom. The van der Waals surface area contributed by atoms with Crippen LogP contribution in [0.2, 0.25) is 0 Å². The van der Waals surface area contributed by atoms with Crippen LogP contribution in [0.3, 0.4) is 0 Å². The molecular weight excluding hydrogens is 541 g/mol. The summed E-state index contributed by atoms with van der Waals surface area (Å²) in [4.78, 5) is 16.0. The summed E-state index contributed by atoms with van der Waals surface area (Å²) in [6.45, 7) is 3.21. The lowest BCUT2D eigenvalue weighted by atomic mass is 10.1. The molecule has 1 aromatic heterocycles. The molecule has 0 spiro atoms. The number of rotatable bonds is 9. The molecule has 0 aliphatic heterocycles. The smallest absolute Gasteiger partial charge is 0.413 e. The Bertz CT molecular complexity index is 1400. The normalized spacial score (nSPS) is 12.6. The number of hydrogen-bond donors (Lipinski definition) is 2. The van der Waals surface area contributed by atoms with Crippen molar-refractivity contribution in [2.75, 3.05) is 11.0 Å². The number of amides is 1. The molecule has 0 radical (unpaired) electrons. The number of carbonyl (C=O) groups excluding carboxylic acids is 1. The predicted molar refractivity (Wildman–Crippen MR) is 124 cm³/mol. The first-order chi connectivity index (χ1) is 17.7. The van der Waals surface area contributed by atoms with Crippen molar-refractivity contribution in [3.63, 3.8) is 0 Å². The number of nitrogens with one attached hydrogen (secondary N) is 2. The van der Waals surface area contributed by atoms with Gasteiger partial charge >= 0.3 is 18.3 Å². The SMILES string of the molecule is CCCc1ccc(C(F)(F)F)cc1Oc1nc(OC(=O)NC(C)c2cc(F)c(NS(C)(=O)=O)c(F)c2)co1. The number of sulfonamides is 1. The Hall–Kier alpha value is -3.88. The van der Waals surface area contributed by atoms with E-state index in [9.17, 15) is 35.2 Å². The summed E-state index contributed by atoms with van der Waals surface area (Å²) in [5, 5.41) is 2.30. The van der Waals surface area contributed by atoms with Gasteiger partial charge in [0.1, 0.15) is 11.4 Å². The van der Waals surface area contributed by atoms with Crippen molar-refractivity contribution in [1.82, 2.24) is 10.3 Å². The molecule has 0 bridgehead atoms. The molecule has 0 fully saturated rings. The maximum Gasteiger partial charge on any atom is 0.416 e. The molecule has 0 saturated heterocycles. The quantitative estimate of drug-likeness (QED) is 0.309. The first kappa shape index (κ1) is 28.7. The fraction of sp³-hybridized carbons (Fsp3) is 0.304. The molecule has 206 valence electrons. The van der Waals surface area contributed by atoms with Gasteiger partial charge in [0.2, 0.25) is 10.0 Å². The summed E-state index contributed by atoms with van der Waals surface area (Å²) < 4.78 is 107. The van der Waals surface area contributed by atoms with Gasteiger partial charge in [0.05, 0.1) is 17.9 Å². The summed E-state index contributed by atoms with van der Waals surface area (Å²) in [6.07, 6.45) is -3.55. The molecule has 3 rings (SSSR count). The summed E-state index contributed by atoms with van der Waals surface area (Å²) >= 11 is 0. The number of aryl methyl sites for hydroxylation is 1. The Morgan fingerprint density at radius 1 is 1.16 bits per heavy atom. The Labute approximate surface area is 214 Å². The second-order valence-corrected chi connectivity index (χ2v) is 9.86. The Morgan fingerprint density at radius 3 is 2.39 bits per heavy atom. The predicted octanol–water partition coefficient (Wildman–Crippen LogP) is 5.94. The lowest BCUT2D eigenvalue weighted by molar-refractivity contribution is -0.137. The van der Waals surface area contributed by atoms with Gasteiger partial charge in [-0.1, -0.05) is 19.4 Å². The summed E-state index contributed by atoms with van der Waals surface area (Å²) in [5.74, 6) is -2.95. The lowest BCUT2D eigenvalue weighted by Gasteiger charge is -2.15. The maximum atomic E-state index is 14.2. The van der Waals surface area contributed by atoms with Gasteiger partial charge in [-0.05, 0) is 48.7 Å². The zero-order chi connectivity index (χ0) is 28.3. The third-order valence-corrected chi connectivity index (χ3v) is 5.53. The van der Waals surface area contributed by atoms with E-state index < -0.39 is 63.2 Å². The summed E-state index contributed by atoms with van der Waals surface area (Å²) in [6, 6.07) is 3.67. The molecule has 1 atom stereocenters. The monoisotopic (exact) mass is 563 g/mol. The average Bonchev–Trinajstić information content (AvgIpc) is 3.22. The van der Waals surface area contributed by atoms with Crippen LogP contribution in [0.4, 0.5) is 32.4 Å². The number of benzene rings is 2. The van der Waals surface area contributed by atoms with Gasteiger partial charge < -0.3 is 19.2 Å². The zero-order valence-electron chi connectivity index (χ0n) is 20.2. The van der Waals surface area contributed by atoms with Crippen LogP contribution in [0.1, 0.15) is 43.0 Å². The van der Waals surface area contributed by atoms with E-state index in [2.05, 4.69) is 10.3 Å². The topological polar surface area (TPSA) is 120 Å². The van der Waals surface area contributed by atoms with Crippen molar-refractivity contribution in [2.45, 2.75) is 38.9 Å². The number of ether oxygens (including phenoxy) is 2. The van der Waals surface area contributed by atoms with Gasteiger partial charge in [0, 0.05) is 0 Å². The van der Waals surface area contributed by atoms with E-state index in [1.54, 1.807) is 4.72 Å². The fourth-order valence-corrected chi connectivity index (χ4v) is 3.81. The molecular formula is C23H22F5N3O6S. The van der Waals surface area contributed by atoms with Crippen molar-refractivity contribution < 1.29 is 49.1 Å². The van der Waals surface area contributed by atoms with E-state index in [-0.39, 0.29) is 11.3 Å². The summed E-state index contributed by atoms with van der Waals surface area (Å²) in [5.41, 5.74) is -1.38. The minimum Gasteiger partial charge on any atom is -0.413 e. The highest BCUT2D eigenvalue weighted by molar-refractivity contribution is 7.92. The van der Waals surface area contributed by atoms with E-state index in [4.69, 9.17) is 13.9 Å². The van der Waals surface area contributed by atoms with Crippen LogP contribution >= 0.6 is 0 Å². The van der Waals surface area contributed by atoms with E-state index in [1.165, 1.54) is 13.0 Å². The first-order valence-electron chi connectivity index (χ1n) is 10.9. The highest BCUT2D eigenvalue weighted by atomic mass is 32.2. The van der Waals surface area contributed by atoms with Gasteiger partial charge in [-0.3, -0.25) is 4.72 Å². The van der Waals surface area contributed by atoms with Crippen molar-refractivity contribution in [1.29, 1.82) is 0 Å². The molecule has 15 heteroatoms. The van der Waals surface area contributed by atoms with Crippen LogP contribution in [-0.2, 0) is 22.6 Å². The minimum atomic E-state index is -4.60. The van der Waals surface area contributed by atoms with E-state index in [0.29, 0.717) is 18.4 Å². The van der Waals surface area contributed by atoms with Crippen LogP contribution in [-0.4, -0.2) is 25.8 Å². The maximum absolute atomic E-state index is 14.2. The molecule has 3 aromatic rings. The molecule has 1 unspecified atom stereocenters. The molecule has 2 N–H and O–H groups in total. The van der Waals surface area contributed by atoms with Gasteiger partial charge in [-0.25, -0.2) is 22.0 Å². The molecule has 1 heterocycles. The third kappa shape index (κ3) is 7.57. The number of oxazole rings is 1. The van der Waals surface area contributed by atoms with Crippen molar-refractivity contribution in [3.05, 3.63) is 64.9 Å². The van der Waals surface area contributed by atoms with Crippen LogP contribution in [0.25, 0.3) is 0 Å². The van der Waals surface area contributed by atoms with E-state index in [0.717, 1.165) is 36.8 Å².